The molecule has 0 unspecified atom stereocenters. The van der Waals surface area contributed by atoms with E-state index < -0.39 is 0 Å². The van der Waals surface area contributed by atoms with E-state index >= 15 is 0 Å². The molecular formula is C20H25N3O. The fraction of sp³-hybridized carbons (Fsp3) is 0.500. The molecule has 4 heteroatoms. The van der Waals surface area contributed by atoms with Crippen molar-refractivity contribution in [3.05, 3.63) is 42.2 Å². The number of fused-ring (bicyclic) bond motifs is 1. The van der Waals surface area contributed by atoms with Gasteiger partial charge in [0.1, 0.15) is 0 Å². The van der Waals surface area contributed by atoms with Crippen LogP contribution in [0.25, 0.3) is 10.8 Å². The minimum absolute atomic E-state index is 0.321. The topological polar surface area (TPSA) is 36.4 Å². The average Bonchev–Trinajstić information content (AvgIpc) is 2.79. The van der Waals surface area contributed by atoms with Crippen LogP contribution in [0.3, 0.4) is 0 Å². The van der Waals surface area contributed by atoms with Gasteiger partial charge in [0, 0.05) is 56.4 Å². The smallest absolute Gasteiger partial charge is 0.225 e. The lowest BCUT2D eigenvalue weighted by Gasteiger charge is -2.31. The Morgan fingerprint density at radius 2 is 2.00 bits per heavy atom. The quantitative estimate of drug-likeness (QED) is 0.871. The number of aromatic nitrogens is 1. The SMILES string of the molecule is O=C(C1CCC1)N1CCCN(Cc2cccc3cnccc23)CC1. The molecule has 1 amide bonds. The average molecular weight is 323 g/mol. The van der Waals surface area contributed by atoms with Crippen molar-refractivity contribution in [3.8, 4) is 0 Å². The highest BCUT2D eigenvalue weighted by molar-refractivity contribution is 5.84. The molecule has 126 valence electrons. The summed E-state index contributed by atoms with van der Waals surface area (Å²) in [6, 6.07) is 8.55. The number of hydrogen-bond acceptors (Lipinski definition) is 3. The Bertz CT molecular complexity index is 720. The summed E-state index contributed by atoms with van der Waals surface area (Å²) < 4.78 is 0. The second-order valence-corrected chi connectivity index (χ2v) is 7.10. The van der Waals surface area contributed by atoms with E-state index in [2.05, 4.69) is 39.0 Å². The van der Waals surface area contributed by atoms with Gasteiger partial charge in [0.05, 0.1) is 0 Å². The van der Waals surface area contributed by atoms with Gasteiger partial charge in [-0.05, 0) is 36.3 Å². The summed E-state index contributed by atoms with van der Waals surface area (Å²) >= 11 is 0. The Hall–Kier alpha value is -1.94. The molecule has 4 nitrogen and oxygen atoms in total. The maximum Gasteiger partial charge on any atom is 0.225 e. The number of hydrogen-bond donors (Lipinski definition) is 0. The fourth-order valence-electron chi connectivity index (χ4n) is 3.83. The summed E-state index contributed by atoms with van der Waals surface area (Å²) in [6.45, 7) is 4.79. The predicted octanol–water partition coefficient (Wildman–Crippen LogP) is 3.07. The first-order valence-corrected chi connectivity index (χ1v) is 9.14. The first-order valence-electron chi connectivity index (χ1n) is 9.14. The monoisotopic (exact) mass is 323 g/mol. The first kappa shape index (κ1) is 15.6. The largest absolute Gasteiger partial charge is 0.341 e. The molecule has 2 aromatic rings. The molecule has 0 radical (unpaired) electrons. The third-order valence-corrected chi connectivity index (χ3v) is 5.52. The van der Waals surface area contributed by atoms with Gasteiger partial charge in [-0.1, -0.05) is 24.6 Å². The highest BCUT2D eigenvalue weighted by atomic mass is 16.2. The lowest BCUT2D eigenvalue weighted by Crippen LogP contribution is -2.41. The van der Waals surface area contributed by atoms with Gasteiger partial charge in [-0.15, -0.1) is 0 Å². The molecule has 0 N–H and O–H groups in total. The van der Waals surface area contributed by atoms with Crippen LogP contribution in [0.1, 0.15) is 31.2 Å². The number of amides is 1. The van der Waals surface area contributed by atoms with Crippen LogP contribution in [-0.4, -0.2) is 46.9 Å². The van der Waals surface area contributed by atoms with E-state index in [1.165, 1.54) is 22.8 Å². The van der Waals surface area contributed by atoms with Crippen LogP contribution in [0.2, 0.25) is 0 Å². The molecule has 2 fully saturated rings. The number of carbonyl (C=O) groups is 1. The number of pyridine rings is 1. The van der Waals surface area contributed by atoms with Gasteiger partial charge >= 0.3 is 0 Å². The van der Waals surface area contributed by atoms with Crippen LogP contribution in [0, 0.1) is 5.92 Å². The van der Waals surface area contributed by atoms with Crippen molar-refractivity contribution in [3.63, 3.8) is 0 Å². The minimum Gasteiger partial charge on any atom is -0.341 e. The van der Waals surface area contributed by atoms with E-state index in [0.717, 1.165) is 52.0 Å². The highest BCUT2D eigenvalue weighted by Crippen LogP contribution is 2.28. The zero-order valence-electron chi connectivity index (χ0n) is 14.2. The molecule has 0 spiro atoms. The predicted molar refractivity (Wildman–Crippen MR) is 95.6 cm³/mol. The molecule has 24 heavy (non-hydrogen) atoms. The van der Waals surface area contributed by atoms with Crippen molar-refractivity contribution in [1.29, 1.82) is 0 Å². The molecule has 2 heterocycles. The van der Waals surface area contributed by atoms with Gasteiger partial charge in [-0.3, -0.25) is 14.7 Å². The molecule has 1 saturated carbocycles. The third-order valence-electron chi connectivity index (χ3n) is 5.52. The Morgan fingerprint density at radius 1 is 1.08 bits per heavy atom. The maximum absolute atomic E-state index is 12.5. The van der Waals surface area contributed by atoms with Crippen molar-refractivity contribution in [2.75, 3.05) is 26.2 Å². The summed E-state index contributed by atoms with van der Waals surface area (Å²) in [7, 11) is 0. The molecule has 4 rings (SSSR count). The van der Waals surface area contributed by atoms with E-state index in [9.17, 15) is 4.79 Å². The number of rotatable bonds is 3. The summed E-state index contributed by atoms with van der Waals surface area (Å²) in [4.78, 5) is 21.3. The van der Waals surface area contributed by atoms with E-state index in [1.807, 2.05) is 12.4 Å². The van der Waals surface area contributed by atoms with Crippen molar-refractivity contribution >= 4 is 16.7 Å². The molecule has 0 bridgehead atoms. The first-order chi connectivity index (χ1) is 11.8. The second-order valence-electron chi connectivity index (χ2n) is 7.10. The van der Waals surface area contributed by atoms with Crippen molar-refractivity contribution in [2.45, 2.75) is 32.2 Å². The van der Waals surface area contributed by atoms with Crippen LogP contribution in [0.15, 0.2) is 36.7 Å². The Balaban J connectivity index is 1.43. The lowest BCUT2D eigenvalue weighted by molar-refractivity contribution is -0.138. The summed E-state index contributed by atoms with van der Waals surface area (Å²) in [5.41, 5.74) is 1.36. The van der Waals surface area contributed by atoms with Crippen LogP contribution in [0.5, 0.6) is 0 Å². The molecule has 1 saturated heterocycles. The van der Waals surface area contributed by atoms with Gasteiger partial charge in [-0.2, -0.15) is 0 Å². The van der Waals surface area contributed by atoms with Crippen LogP contribution < -0.4 is 0 Å². The van der Waals surface area contributed by atoms with Crippen LogP contribution >= 0.6 is 0 Å². The van der Waals surface area contributed by atoms with Gasteiger partial charge in [0.25, 0.3) is 0 Å². The van der Waals surface area contributed by atoms with Crippen molar-refractivity contribution in [2.24, 2.45) is 5.92 Å². The van der Waals surface area contributed by atoms with E-state index in [0.29, 0.717) is 11.8 Å². The van der Waals surface area contributed by atoms with Gasteiger partial charge in [0.2, 0.25) is 5.91 Å². The molecule has 0 atom stereocenters. The van der Waals surface area contributed by atoms with E-state index in [-0.39, 0.29) is 0 Å². The number of benzene rings is 1. The third kappa shape index (κ3) is 3.16. The van der Waals surface area contributed by atoms with E-state index in [4.69, 9.17) is 0 Å². The normalized spacial score (nSPS) is 19.9. The zero-order valence-corrected chi connectivity index (χ0v) is 14.2. The molecule has 2 aliphatic rings. The number of carbonyl (C=O) groups excluding carboxylic acids is 1. The molecule has 1 aliphatic carbocycles. The maximum atomic E-state index is 12.5. The highest BCUT2D eigenvalue weighted by Gasteiger charge is 2.30. The molecule has 1 aliphatic heterocycles. The number of nitrogens with zero attached hydrogens (tertiary/aromatic N) is 3. The molecular weight excluding hydrogens is 298 g/mol. The Morgan fingerprint density at radius 3 is 2.83 bits per heavy atom. The lowest BCUT2D eigenvalue weighted by atomic mass is 9.84. The van der Waals surface area contributed by atoms with Crippen LogP contribution in [-0.2, 0) is 11.3 Å². The Kier molecular flexibility index (Phi) is 4.48. The summed E-state index contributed by atoms with van der Waals surface area (Å²) in [5, 5.41) is 2.49. The molecule has 1 aromatic carbocycles. The molecule has 1 aromatic heterocycles. The Labute approximate surface area is 143 Å². The van der Waals surface area contributed by atoms with Gasteiger partial charge in [-0.25, -0.2) is 0 Å². The van der Waals surface area contributed by atoms with Gasteiger partial charge < -0.3 is 4.90 Å². The zero-order chi connectivity index (χ0) is 16.4. The van der Waals surface area contributed by atoms with Crippen LogP contribution in [0.4, 0.5) is 0 Å². The van der Waals surface area contributed by atoms with E-state index in [1.54, 1.807) is 0 Å². The van der Waals surface area contributed by atoms with Crippen molar-refractivity contribution < 1.29 is 4.79 Å². The van der Waals surface area contributed by atoms with Gasteiger partial charge in [0.15, 0.2) is 0 Å². The second kappa shape index (κ2) is 6.89. The van der Waals surface area contributed by atoms with Crippen molar-refractivity contribution in [1.82, 2.24) is 14.8 Å². The summed E-state index contributed by atoms with van der Waals surface area (Å²) in [5.74, 6) is 0.724. The minimum atomic E-state index is 0.321. The standard InChI is InChI=1S/C20H25N3O/c24-20(16-4-1-5-16)23-11-3-10-22(12-13-23)15-18-7-2-6-17-14-21-9-8-19(17)18/h2,6-9,14,16H,1,3-5,10-13,15H2. The summed E-state index contributed by atoms with van der Waals surface area (Å²) in [6.07, 6.45) is 8.30. The fourth-order valence-corrected chi connectivity index (χ4v) is 3.83.